The van der Waals surface area contributed by atoms with Crippen LogP contribution in [0.2, 0.25) is 0 Å². The number of para-hydroxylation sites is 1. The van der Waals surface area contributed by atoms with Crippen molar-refractivity contribution in [3.05, 3.63) is 65.5 Å². The lowest BCUT2D eigenvalue weighted by molar-refractivity contribution is -0.132. The average Bonchev–Trinajstić information content (AvgIpc) is 2.73. The molecule has 1 aliphatic rings. The molecule has 1 atom stereocenters. The summed E-state index contributed by atoms with van der Waals surface area (Å²) in [5, 5.41) is 5.93. The van der Waals surface area contributed by atoms with Gasteiger partial charge in [-0.3, -0.25) is 4.79 Å². The van der Waals surface area contributed by atoms with Gasteiger partial charge in [0, 0.05) is 25.3 Å². The standard InChI is InChI=1S/C23H28FN3O2/c1-3-18-7-4-5-8-20(18)26-22(29)27-14-6-13-23(2,16-27)21(28)25-15-17-9-11-19(24)12-10-17/h4-5,7-12H,3,6,13-16H2,1-2H3,(H,25,28)(H,26,29). The van der Waals surface area contributed by atoms with Gasteiger partial charge in [0.25, 0.3) is 0 Å². The molecule has 154 valence electrons. The third-order valence-corrected chi connectivity index (χ3v) is 5.54. The van der Waals surface area contributed by atoms with E-state index in [2.05, 4.69) is 17.6 Å². The molecule has 5 nitrogen and oxygen atoms in total. The second-order valence-electron chi connectivity index (χ2n) is 7.84. The second-order valence-corrected chi connectivity index (χ2v) is 7.84. The maximum atomic E-state index is 13.0. The summed E-state index contributed by atoms with van der Waals surface area (Å²) < 4.78 is 13.0. The van der Waals surface area contributed by atoms with Crippen LogP contribution in [0.15, 0.2) is 48.5 Å². The monoisotopic (exact) mass is 397 g/mol. The number of rotatable bonds is 5. The molecule has 2 aromatic carbocycles. The normalized spacial score (nSPS) is 18.9. The van der Waals surface area contributed by atoms with Crippen molar-refractivity contribution in [2.45, 2.75) is 39.7 Å². The van der Waals surface area contributed by atoms with Crippen LogP contribution >= 0.6 is 0 Å². The summed E-state index contributed by atoms with van der Waals surface area (Å²) in [4.78, 5) is 27.4. The fourth-order valence-electron chi connectivity index (χ4n) is 3.74. The van der Waals surface area contributed by atoms with Gasteiger partial charge >= 0.3 is 6.03 Å². The molecule has 0 radical (unpaired) electrons. The lowest BCUT2D eigenvalue weighted by Gasteiger charge is -2.39. The van der Waals surface area contributed by atoms with Crippen LogP contribution < -0.4 is 10.6 Å². The van der Waals surface area contributed by atoms with Crippen LogP contribution in [0.25, 0.3) is 0 Å². The molecule has 2 N–H and O–H groups in total. The number of benzene rings is 2. The predicted molar refractivity (Wildman–Crippen MR) is 112 cm³/mol. The number of carbonyl (C=O) groups is 2. The Labute approximate surface area is 171 Å². The summed E-state index contributed by atoms with van der Waals surface area (Å²) in [6.07, 6.45) is 2.32. The van der Waals surface area contributed by atoms with Gasteiger partial charge in [-0.25, -0.2) is 9.18 Å². The van der Waals surface area contributed by atoms with Crippen LogP contribution in [0.1, 0.15) is 37.8 Å². The molecule has 1 aliphatic heterocycles. The minimum Gasteiger partial charge on any atom is -0.351 e. The summed E-state index contributed by atoms with van der Waals surface area (Å²) in [6.45, 7) is 5.27. The van der Waals surface area contributed by atoms with E-state index in [1.165, 1.54) is 12.1 Å². The Morgan fingerprint density at radius 2 is 1.86 bits per heavy atom. The molecule has 2 aromatic rings. The first kappa shape index (κ1) is 20.8. The maximum absolute atomic E-state index is 13.0. The van der Waals surface area contributed by atoms with E-state index in [9.17, 15) is 14.0 Å². The number of hydrogen-bond donors (Lipinski definition) is 2. The SMILES string of the molecule is CCc1ccccc1NC(=O)N1CCCC(C)(C(=O)NCc2ccc(F)cc2)C1. The van der Waals surface area contributed by atoms with Crippen molar-refractivity contribution < 1.29 is 14.0 Å². The van der Waals surface area contributed by atoms with E-state index in [0.29, 0.717) is 19.6 Å². The molecule has 3 rings (SSSR count). The number of carbonyl (C=O) groups excluding carboxylic acids is 2. The van der Waals surface area contributed by atoms with E-state index >= 15 is 0 Å². The minimum absolute atomic E-state index is 0.0896. The second kappa shape index (κ2) is 9.07. The molecule has 3 amide bonds. The zero-order valence-electron chi connectivity index (χ0n) is 17.0. The molecular formula is C23H28FN3O2. The summed E-state index contributed by atoms with van der Waals surface area (Å²) in [5.41, 5.74) is 2.08. The first-order valence-corrected chi connectivity index (χ1v) is 10.1. The quantitative estimate of drug-likeness (QED) is 0.788. The highest BCUT2D eigenvalue weighted by molar-refractivity contribution is 5.91. The van der Waals surface area contributed by atoms with Crippen molar-refractivity contribution in [2.24, 2.45) is 5.41 Å². The largest absolute Gasteiger partial charge is 0.351 e. The zero-order chi connectivity index (χ0) is 20.9. The Morgan fingerprint density at radius 1 is 1.14 bits per heavy atom. The van der Waals surface area contributed by atoms with Crippen LogP contribution in [0, 0.1) is 11.2 Å². The summed E-state index contributed by atoms with van der Waals surface area (Å²) in [5.74, 6) is -0.390. The average molecular weight is 397 g/mol. The maximum Gasteiger partial charge on any atom is 0.321 e. The van der Waals surface area contributed by atoms with Gasteiger partial charge in [-0.15, -0.1) is 0 Å². The topological polar surface area (TPSA) is 61.4 Å². The van der Waals surface area contributed by atoms with Crippen molar-refractivity contribution in [1.82, 2.24) is 10.2 Å². The van der Waals surface area contributed by atoms with Gasteiger partial charge in [-0.1, -0.05) is 37.3 Å². The number of halogens is 1. The predicted octanol–water partition coefficient (Wildman–Crippen LogP) is 4.34. The van der Waals surface area contributed by atoms with E-state index in [4.69, 9.17) is 0 Å². The van der Waals surface area contributed by atoms with E-state index in [-0.39, 0.29) is 17.8 Å². The number of piperidine rings is 1. The third-order valence-electron chi connectivity index (χ3n) is 5.54. The van der Waals surface area contributed by atoms with Gasteiger partial charge in [0.2, 0.25) is 5.91 Å². The molecule has 0 spiro atoms. The van der Waals surface area contributed by atoms with Gasteiger partial charge in [-0.2, -0.15) is 0 Å². The van der Waals surface area contributed by atoms with E-state index in [1.807, 2.05) is 31.2 Å². The van der Waals surface area contributed by atoms with Crippen molar-refractivity contribution >= 4 is 17.6 Å². The van der Waals surface area contributed by atoms with Crippen LogP contribution in [0.4, 0.5) is 14.9 Å². The molecule has 0 saturated carbocycles. The Bertz CT molecular complexity index is 869. The number of urea groups is 1. The Hall–Kier alpha value is -2.89. The van der Waals surface area contributed by atoms with Gasteiger partial charge in [-0.05, 0) is 55.5 Å². The highest BCUT2D eigenvalue weighted by Crippen LogP contribution is 2.30. The van der Waals surface area contributed by atoms with Crippen molar-refractivity contribution in [3.8, 4) is 0 Å². The van der Waals surface area contributed by atoms with Gasteiger partial charge < -0.3 is 15.5 Å². The summed E-state index contributed by atoms with van der Waals surface area (Å²) in [7, 11) is 0. The molecule has 6 heteroatoms. The molecule has 1 heterocycles. The van der Waals surface area contributed by atoms with E-state index < -0.39 is 5.41 Å². The lowest BCUT2D eigenvalue weighted by Crippen LogP contribution is -2.52. The first-order chi connectivity index (χ1) is 13.9. The van der Waals surface area contributed by atoms with Gasteiger partial charge in [0.1, 0.15) is 5.82 Å². The molecule has 0 bridgehead atoms. The van der Waals surface area contributed by atoms with E-state index in [1.54, 1.807) is 17.0 Å². The molecule has 0 aliphatic carbocycles. The minimum atomic E-state index is -0.653. The smallest absolute Gasteiger partial charge is 0.321 e. The van der Waals surface area contributed by atoms with Crippen LogP contribution in [0.5, 0.6) is 0 Å². The van der Waals surface area contributed by atoms with Gasteiger partial charge in [0.15, 0.2) is 0 Å². The first-order valence-electron chi connectivity index (χ1n) is 10.1. The summed E-state index contributed by atoms with van der Waals surface area (Å²) >= 11 is 0. The molecule has 1 fully saturated rings. The highest BCUT2D eigenvalue weighted by Gasteiger charge is 2.39. The van der Waals surface area contributed by atoms with Gasteiger partial charge in [0.05, 0.1) is 5.41 Å². The zero-order valence-corrected chi connectivity index (χ0v) is 17.0. The number of nitrogens with one attached hydrogen (secondary N) is 2. The van der Waals surface area contributed by atoms with Crippen LogP contribution in [0.3, 0.4) is 0 Å². The van der Waals surface area contributed by atoms with Crippen LogP contribution in [-0.2, 0) is 17.8 Å². The highest BCUT2D eigenvalue weighted by atomic mass is 19.1. The molecule has 29 heavy (non-hydrogen) atoms. The lowest BCUT2D eigenvalue weighted by atomic mass is 9.81. The number of anilines is 1. The van der Waals surface area contributed by atoms with Crippen molar-refractivity contribution in [3.63, 3.8) is 0 Å². The Balaban J connectivity index is 1.61. The third kappa shape index (κ3) is 5.13. The van der Waals surface area contributed by atoms with Crippen molar-refractivity contribution in [2.75, 3.05) is 18.4 Å². The number of amides is 3. The van der Waals surface area contributed by atoms with E-state index in [0.717, 1.165) is 36.1 Å². The number of aryl methyl sites for hydroxylation is 1. The number of nitrogens with zero attached hydrogens (tertiary/aromatic N) is 1. The van der Waals surface area contributed by atoms with Crippen molar-refractivity contribution in [1.29, 1.82) is 0 Å². The fourth-order valence-corrected chi connectivity index (χ4v) is 3.74. The Kier molecular flexibility index (Phi) is 6.52. The molecule has 1 unspecified atom stereocenters. The summed E-state index contributed by atoms with van der Waals surface area (Å²) in [6, 6.07) is 13.6. The molecule has 0 aromatic heterocycles. The number of hydrogen-bond acceptors (Lipinski definition) is 2. The molecular weight excluding hydrogens is 369 g/mol. The molecule has 1 saturated heterocycles. The fraction of sp³-hybridized carbons (Fsp3) is 0.391. The Morgan fingerprint density at radius 3 is 2.59 bits per heavy atom. The van der Waals surface area contributed by atoms with Crippen LogP contribution in [-0.4, -0.2) is 29.9 Å². The number of likely N-dealkylation sites (tertiary alicyclic amines) is 1.